The lowest BCUT2D eigenvalue weighted by molar-refractivity contribution is 0.210. The number of thioether (sulfide) groups is 1. The molecule has 0 saturated heterocycles. The lowest BCUT2D eigenvalue weighted by Gasteiger charge is -2.15. The smallest absolute Gasteiger partial charge is 0.191 e. The van der Waals surface area contributed by atoms with Crippen LogP contribution in [0, 0.1) is 0 Å². The minimum atomic E-state index is -0.237. The Bertz CT molecular complexity index is 914. The van der Waals surface area contributed by atoms with Crippen LogP contribution in [0.3, 0.4) is 0 Å². The third-order valence-electron chi connectivity index (χ3n) is 3.80. The van der Waals surface area contributed by atoms with Gasteiger partial charge in [-0.25, -0.2) is 0 Å². The molecule has 3 rings (SSSR count). The molecule has 140 valence electrons. The molecule has 0 amide bonds. The summed E-state index contributed by atoms with van der Waals surface area (Å²) < 4.78 is 9.07. The number of rotatable bonds is 8. The zero-order valence-electron chi connectivity index (χ0n) is 14.8. The quantitative estimate of drug-likeness (QED) is 0.289. The molecule has 0 aliphatic rings. The fourth-order valence-electron chi connectivity index (χ4n) is 2.55. The summed E-state index contributed by atoms with van der Waals surface area (Å²) in [5.74, 6) is 2.32. The lowest BCUT2D eigenvalue weighted by Crippen LogP contribution is -2.12. The molecule has 0 N–H and O–H groups in total. The van der Waals surface area contributed by atoms with Gasteiger partial charge in [-0.1, -0.05) is 57.5 Å². The van der Waals surface area contributed by atoms with Crippen LogP contribution >= 0.6 is 39.3 Å². The summed E-state index contributed by atoms with van der Waals surface area (Å²) >= 11 is 11.1. The largest absolute Gasteiger partial charge is 0.483 e. The van der Waals surface area contributed by atoms with Crippen molar-refractivity contribution < 1.29 is 4.74 Å². The van der Waals surface area contributed by atoms with Crippen LogP contribution in [-0.4, -0.2) is 14.8 Å². The van der Waals surface area contributed by atoms with Crippen molar-refractivity contribution in [3.63, 3.8) is 0 Å². The second kappa shape index (κ2) is 9.44. The van der Waals surface area contributed by atoms with E-state index in [1.54, 1.807) is 11.8 Å². The fraction of sp³-hybridized carbons (Fsp3) is 0.200. The maximum atomic E-state index is 6.06. The Morgan fingerprint density at radius 1 is 1.26 bits per heavy atom. The Morgan fingerprint density at radius 3 is 2.74 bits per heavy atom. The van der Waals surface area contributed by atoms with Crippen molar-refractivity contribution in [1.29, 1.82) is 0 Å². The predicted molar refractivity (Wildman–Crippen MR) is 114 cm³/mol. The van der Waals surface area contributed by atoms with E-state index in [9.17, 15) is 0 Å². The summed E-state index contributed by atoms with van der Waals surface area (Å²) in [5, 5.41) is 10.3. The Balaban J connectivity index is 1.75. The van der Waals surface area contributed by atoms with E-state index in [0.29, 0.717) is 6.54 Å². The number of halogens is 2. The van der Waals surface area contributed by atoms with Crippen LogP contribution in [0.1, 0.15) is 24.4 Å². The maximum Gasteiger partial charge on any atom is 0.191 e. The van der Waals surface area contributed by atoms with E-state index in [2.05, 4.69) is 32.7 Å². The third-order valence-corrected chi connectivity index (χ3v) is 5.61. The second-order valence-electron chi connectivity index (χ2n) is 5.87. The maximum absolute atomic E-state index is 6.06. The van der Waals surface area contributed by atoms with Gasteiger partial charge in [-0.2, -0.15) is 0 Å². The predicted octanol–water partition coefficient (Wildman–Crippen LogP) is 6.31. The van der Waals surface area contributed by atoms with Crippen molar-refractivity contribution in [3.8, 4) is 5.75 Å². The number of aromatic nitrogens is 3. The zero-order valence-corrected chi connectivity index (χ0v) is 18.0. The molecular formula is C20H19BrClN3OS. The highest BCUT2D eigenvalue weighted by molar-refractivity contribution is 9.10. The summed E-state index contributed by atoms with van der Waals surface area (Å²) in [6, 6.07) is 15.6. The minimum absolute atomic E-state index is 0.237. The van der Waals surface area contributed by atoms with E-state index in [-0.39, 0.29) is 6.10 Å². The number of nitrogens with zero attached hydrogens (tertiary/aromatic N) is 3. The summed E-state index contributed by atoms with van der Waals surface area (Å²) in [6.45, 7) is 6.44. The third kappa shape index (κ3) is 5.37. The average Bonchev–Trinajstić information content (AvgIpc) is 3.05. The Morgan fingerprint density at radius 2 is 2.04 bits per heavy atom. The number of allylic oxidation sites excluding steroid dienone is 1. The summed E-state index contributed by atoms with van der Waals surface area (Å²) in [4.78, 5) is 0. The fourth-order valence-corrected chi connectivity index (χ4v) is 3.93. The van der Waals surface area contributed by atoms with Crippen molar-refractivity contribution in [1.82, 2.24) is 14.8 Å². The van der Waals surface area contributed by atoms with Crippen LogP contribution in [0.4, 0.5) is 0 Å². The average molecular weight is 465 g/mol. The molecule has 27 heavy (non-hydrogen) atoms. The topological polar surface area (TPSA) is 39.9 Å². The van der Waals surface area contributed by atoms with Crippen LogP contribution in [-0.2, 0) is 12.3 Å². The highest BCUT2D eigenvalue weighted by atomic mass is 79.9. The van der Waals surface area contributed by atoms with Crippen molar-refractivity contribution in [3.05, 3.63) is 82.1 Å². The molecule has 0 fully saturated rings. The molecule has 1 heterocycles. The first-order valence-corrected chi connectivity index (χ1v) is 10.6. The molecule has 7 heteroatoms. The normalized spacial score (nSPS) is 12.0. The molecular weight excluding hydrogens is 446 g/mol. The van der Waals surface area contributed by atoms with Crippen molar-refractivity contribution in [2.45, 2.75) is 30.5 Å². The van der Waals surface area contributed by atoms with Gasteiger partial charge in [-0.05, 0) is 48.9 Å². The van der Waals surface area contributed by atoms with Crippen LogP contribution in [0.25, 0.3) is 0 Å². The first-order valence-electron chi connectivity index (χ1n) is 8.40. The lowest BCUT2D eigenvalue weighted by atomic mass is 10.2. The van der Waals surface area contributed by atoms with Gasteiger partial charge < -0.3 is 4.74 Å². The van der Waals surface area contributed by atoms with Gasteiger partial charge in [0.25, 0.3) is 0 Å². The monoisotopic (exact) mass is 463 g/mol. The molecule has 0 spiro atoms. The van der Waals surface area contributed by atoms with Crippen LogP contribution in [0.15, 0.2) is 70.8 Å². The Hall–Kier alpha value is -1.76. The summed E-state index contributed by atoms with van der Waals surface area (Å²) in [6.07, 6.45) is 1.60. The molecule has 0 aliphatic heterocycles. The van der Waals surface area contributed by atoms with Gasteiger partial charge in [0, 0.05) is 21.8 Å². The van der Waals surface area contributed by atoms with Gasteiger partial charge in [0.2, 0.25) is 0 Å². The van der Waals surface area contributed by atoms with Crippen LogP contribution < -0.4 is 4.74 Å². The number of ether oxygens (including phenoxy) is 1. The van der Waals surface area contributed by atoms with Crippen LogP contribution in [0.5, 0.6) is 5.75 Å². The minimum Gasteiger partial charge on any atom is -0.483 e. The van der Waals surface area contributed by atoms with Crippen molar-refractivity contribution in [2.75, 3.05) is 0 Å². The van der Waals surface area contributed by atoms with E-state index < -0.39 is 0 Å². The van der Waals surface area contributed by atoms with Gasteiger partial charge in [0.15, 0.2) is 17.1 Å². The molecule has 0 radical (unpaired) electrons. The summed E-state index contributed by atoms with van der Waals surface area (Å²) in [5.41, 5.74) is 1.14. The van der Waals surface area contributed by atoms with E-state index in [4.69, 9.17) is 16.3 Å². The number of hydrogen-bond acceptors (Lipinski definition) is 4. The van der Waals surface area contributed by atoms with Crippen molar-refractivity contribution in [2.24, 2.45) is 0 Å². The molecule has 2 aromatic carbocycles. The highest BCUT2D eigenvalue weighted by Gasteiger charge is 2.19. The number of benzene rings is 2. The number of hydrogen-bond donors (Lipinski definition) is 0. The van der Waals surface area contributed by atoms with Crippen LogP contribution in [0.2, 0.25) is 5.02 Å². The summed E-state index contributed by atoms with van der Waals surface area (Å²) in [7, 11) is 0. The van der Waals surface area contributed by atoms with E-state index in [1.165, 1.54) is 0 Å². The molecule has 0 saturated carbocycles. The van der Waals surface area contributed by atoms with Gasteiger partial charge in [-0.3, -0.25) is 4.57 Å². The molecule has 1 aromatic heterocycles. The van der Waals surface area contributed by atoms with E-state index >= 15 is 0 Å². The van der Waals surface area contributed by atoms with Gasteiger partial charge in [0.05, 0.1) is 0 Å². The van der Waals surface area contributed by atoms with E-state index in [0.717, 1.165) is 37.5 Å². The SMILES string of the molecule is C=CCn1c(SCc2cccc(Cl)c2)nnc1C(C)Oc1ccc(Br)cc1. The first-order chi connectivity index (χ1) is 13.1. The first kappa shape index (κ1) is 20.0. The van der Waals surface area contributed by atoms with E-state index in [1.807, 2.05) is 66.1 Å². The molecule has 0 bridgehead atoms. The van der Waals surface area contributed by atoms with Gasteiger partial charge >= 0.3 is 0 Å². The van der Waals surface area contributed by atoms with Gasteiger partial charge in [-0.15, -0.1) is 16.8 Å². The highest BCUT2D eigenvalue weighted by Crippen LogP contribution is 2.27. The Labute approximate surface area is 176 Å². The molecule has 3 aromatic rings. The van der Waals surface area contributed by atoms with Crippen molar-refractivity contribution >= 4 is 39.3 Å². The standard InChI is InChI=1S/C20H19BrClN3OS/c1-3-11-25-19(14(2)26-18-9-7-16(21)8-10-18)23-24-20(25)27-13-15-5-4-6-17(22)12-15/h3-10,12,14H,1,11,13H2,2H3. The molecule has 0 aliphatic carbocycles. The zero-order chi connectivity index (χ0) is 19.2. The second-order valence-corrected chi connectivity index (χ2v) is 8.17. The molecule has 1 atom stereocenters. The Kier molecular flexibility index (Phi) is 6.99. The molecule has 1 unspecified atom stereocenters. The van der Waals surface area contributed by atoms with Gasteiger partial charge in [0.1, 0.15) is 5.75 Å². The molecule has 4 nitrogen and oxygen atoms in total.